The zero-order valence-corrected chi connectivity index (χ0v) is 32.1. The van der Waals surface area contributed by atoms with Crippen LogP contribution in [0, 0.1) is 11.8 Å². The first-order valence-electron chi connectivity index (χ1n) is 18.7. The van der Waals surface area contributed by atoms with E-state index in [-0.39, 0.29) is 28.9 Å². The van der Waals surface area contributed by atoms with Crippen molar-refractivity contribution >= 4 is 25.3 Å². The number of methoxy groups -OCH3 is 1. The van der Waals surface area contributed by atoms with Crippen LogP contribution in [0.2, 0.25) is 11.1 Å². The smallest absolute Gasteiger partial charge is 0.305 e. The number of esters is 1. The Morgan fingerprint density at radius 3 is 2.23 bits per heavy atom. The Hall–Kier alpha value is -2.54. The lowest BCUT2D eigenvalue weighted by Gasteiger charge is -2.45. The Labute approximate surface area is 293 Å². The summed E-state index contributed by atoms with van der Waals surface area (Å²) in [6.45, 7) is 13.2. The van der Waals surface area contributed by atoms with Crippen molar-refractivity contribution in [1.29, 1.82) is 0 Å². The zero-order chi connectivity index (χ0) is 35.2. The fraction of sp³-hybridized carbons (Fsp3) is 0.619. The molecule has 266 valence electrons. The first-order chi connectivity index (χ1) is 22.9. The van der Waals surface area contributed by atoms with Crippen molar-refractivity contribution in [3.63, 3.8) is 0 Å². The first-order valence-corrected chi connectivity index (χ1v) is 20.8. The largest absolute Gasteiger partial charge is 0.469 e. The molecule has 1 N–H and O–H groups in total. The number of aryl methyl sites for hydroxylation is 2. The van der Waals surface area contributed by atoms with E-state index >= 15 is 0 Å². The Morgan fingerprint density at radius 2 is 1.60 bits per heavy atom. The van der Waals surface area contributed by atoms with E-state index < -0.39 is 13.9 Å². The highest BCUT2D eigenvalue weighted by Crippen LogP contribution is 2.45. The minimum atomic E-state index is -2.68. The van der Waals surface area contributed by atoms with Gasteiger partial charge in [-0.15, -0.1) is 0 Å². The number of ketones is 1. The standard InChI is InChI=1S/C42H64O5Si/c1-8-10-29-42(6,45)30-18-22-37-36(21-16-11-12-17-23-40(44)46-7)38(43)32-39(37)47-48(41(3,4)5,35-19-14-13-15-20-35)31-28-34-26-24-33(9-2)25-27-34/h13-15,18-20,22,24-27,36-37,39,45H,8-12,16-17,21,23,28-32H2,1-7H3/b22-18+/t36-,37-,39-,42?,48?/m1/s1. The van der Waals surface area contributed by atoms with Crippen molar-refractivity contribution in [3.05, 3.63) is 77.9 Å². The summed E-state index contributed by atoms with van der Waals surface area (Å²) in [5.41, 5.74) is 1.91. The van der Waals surface area contributed by atoms with Gasteiger partial charge in [0, 0.05) is 24.7 Å². The summed E-state index contributed by atoms with van der Waals surface area (Å²) in [5.74, 6) is -0.00125. The maximum Gasteiger partial charge on any atom is 0.305 e. The summed E-state index contributed by atoms with van der Waals surface area (Å²) in [4.78, 5) is 25.4. The highest BCUT2D eigenvalue weighted by Gasteiger charge is 2.52. The van der Waals surface area contributed by atoms with E-state index in [2.05, 4.69) is 101 Å². The Kier molecular flexibility index (Phi) is 15.8. The third kappa shape index (κ3) is 11.5. The molecule has 0 amide bonds. The van der Waals surface area contributed by atoms with Gasteiger partial charge >= 0.3 is 5.97 Å². The molecule has 5 atom stereocenters. The van der Waals surface area contributed by atoms with Crippen LogP contribution in [0.4, 0.5) is 0 Å². The van der Waals surface area contributed by atoms with Gasteiger partial charge in [-0.25, -0.2) is 0 Å². The molecule has 0 bridgehead atoms. The van der Waals surface area contributed by atoms with Crippen molar-refractivity contribution in [2.24, 2.45) is 11.8 Å². The molecule has 0 spiro atoms. The number of hydrogen-bond acceptors (Lipinski definition) is 5. The van der Waals surface area contributed by atoms with E-state index in [0.29, 0.717) is 25.0 Å². The van der Waals surface area contributed by atoms with Crippen LogP contribution in [0.3, 0.4) is 0 Å². The van der Waals surface area contributed by atoms with Crippen molar-refractivity contribution < 1.29 is 23.9 Å². The minimum absolute atomic E-state index is 0.0312. The van der Waals surface area contributed by atoms with E-state index in [0.717, 1.165) is 70.3 Å². The molecule has 0 saturated heterocycles. The molecule has 0 radical (unpaired) electrons. The highest BCUT2D eigenvalue weighted by atomic mass is 28.4. The summed E-state index contributed by atoms with van der Waals surface area (Å²) in [5, 5.41) is 12.2. The second kappa shape index (κ2) is 19.0. The van der Waals surface area contributed by atoms with Gasteiger partial charge in [0.05, 0.1) is 18.8 Å². The Morgan fingerprint density at radius 1 is 0.938 bits per heavy atom. The molecule has 5 nitrogen and oxygen atoms in total. The number of aliphatic hydroxyl groups is 1. The summed E-state index contributed by atoms with van der Waals surface area (Å²) in [7, 11) is -1.25. The van der Waals surface area contributed by atoms with Crippen molar-refractivity contribution in [1.82, 2.24) is 0 Å². The molecule has 1 fully saturated rings. The molecule has 0 aromatic heterocycles. The quantitative estimate of drug-likeness (QED) is 0.0655. The number of carbonyl (C=O) groups is 2. The van der Waals surface area contributed by atoms with Gasteiger partial charge in [-0.2, -0.15) is 0 Å². The predicted octanol–water partition coefficient (Wildman–Crippen LogP) is 9.44. The van der Waals surface area contributed by atoms with Gasteiger partial charge in [0.15, 0.2) is 0 Å². The Bertz CT molecular complexity index is 1280. The Balaban J connectivity index is 1.91. The lowest BCUT2D eigenvalue weighted by molar-refractivity contribution is -0.140. The average Bonchev–Trinajstić information content (AvgIpc) is 3.36. The number of hydrogen-bond donors (Lipinski definition) is 1. The van der Waals surface area contributed by atoms with Crippen molar-refractivity contribution in [2.75, 3.05) is 7.11 Å². The third-order valence-corrected chi connectivity index (χ3v) is 15.9. The maximum absolute atomic E-state index is 13.8. The van der Waals surface area contributed by atoms with Crippen LogP contribution in [-0.2, 0) is 31.6 Å². The van der Waals surface area contributed by atoms with Gasteiger partial charge in [0.2, 0.25) is 8.32 Å². The normalized spacial score (nSPS) is 20.9. The topological polar surface area (TPSA) is 72.8 Å². The van der Waals surface area contributed by atoms with E-state index in [1.165, 1.54) is 23.4 Å². The molecule has 1 aliphatic carbocycles. The number of Topliss-reactive ketones (excluding diaryl/α,β-unsaturated/α-hetero) is 1. The van der Waals surface area contributed by atoms with Crippen LogP contribution in [0.15, 0.2) is 66.7 Å². The third-order valence-electron chi connectivity index (χ3n) is 10.6. The first kappa shape index (κ1) is 39.9. The number of ether oxygens (including phenoxy) is 1. The van der Waals surface area contributed by atoms with Crippen LogP contribution in [0.1, 0.15) is 123 Å². The van der Waals surface area contributed by atoms with Gasteiger partial charge in [-0.05, 0) is 72.8 Å². The van der Waals surface area contributed by atoms with Crippen molar-refractivity contribution in [3.8, 4) is 0 Å². The summed E-state index contributed by atoms with van der Waals surface area (Å²) < 4.78 is 12.4. The molecule has 1 aliphatic rings. The van der Waals surface area contributed by atoms with Gasteiger partial charge < -0.3 is 14.3 Å². The fourth-order valence-electron chi connectivity index (χ4n) is 7.40. The van der Waals surface area contributed by atoms with Gasteiger partial charge in [-0.1, -0.05) is 133 Å². The fourth-order valence-corrected chi connectivity index (χ4v) is 12.0. The molecule has 2 aromatic carbocycles. The van der Waals surface area contributed by atoms with Crippen LogP contribution >= 0.6 is 0 Å². The van der Waals surface area contributed by atoms with E-state index in [1.807, 2.05) is 6.92 Å². The monoisotopic (exact) mass is 676 g/mol. The maximum atomic E-state index is 13.8. The molecule has 6 heteroatoms. The molecule has 0 heterocycles. The van der Waals surface area contributed by atoms with Crippen LogP contribution < -0.4 is 5.19 Å². The van der Waals surface area contributed by atoms with E-state index in [9.17, 15) is 14.7 Å². The zero-order valence-electron chi connectivity index (χ0n) is 31.1. The molecule has 48 heavy (non-hydrogen) atoms. The molecule has 2 aromatic rings. The highest BCUT2D eigenvalue weighted by molar-refractivity contribution is 6.89. The van der Waals surface area contributed by atoms with Crippen LogP contribution in [0.25, 0.3) is 0 Å². The summed E-state index contributed by atoms with van der Waals surface area (Å²) in [6.07, 6.45) is 14.8. The second-order valence-electron chi connectivity index (χ2n) is 15.4. The number of carbonyl (C=O) groups excluding carboxylic acids is 2. The van der Waals surface area contributed by atoms with Gasteiger partial charge in [0.1, 0.15) is 5.78 Å². The lowest BCUT2D eigenvalue weighted by atomic mass is 9.87. The number of unbranched alkanes of at least 4 members (excludes halogenated alkanes) is 4. The number of rotatable bonds is 20. The van der Waals surface area contributed by atoms with Gasteiger partial charge in [-0.3, -0.25) is 9.59 Å². The molecule has 0 aliphatic heterocycles. The van der Waals surface area contributed by atoms with E-state index in [1.54, 1.807) is 0 Å². The van der Waals surface area contributed by atoms with Crippen LogP contribution in [-0.4, -0.2) is 44.0 Å². The summed E-state index contributed by atoms with van der Waals surface area (Å²) in [6, 6.07) is 20.8. The lowest BCUT2D eigenvalue weighted by Crippen LogP contribution is -2.60. The van der Waals surface area contributed by atoms with Gasteiger partial charge in [0.25, 0.3) is 0 Å². The van der Waals surface area contributed by atoms with E-state index in [4.69, 9.17) is 9.16 Å². The predicted molar refractivity (Wildman–Crippen MR) is 201 cm³/mol. The average molecular weight is 677 g/mol. The number of benzene rings is 2. The van der Waals surface area contributed by atoms with Crippen LogP contribution in [0.5, 0.6) is 0 Å². The van der Waals surface area contributed by atoms with Crippen molar-refractivity contribution in [2.45, 2.75) is 148 Å². The summed E-state index contributed by atoms with van der Waals surface area (Å²) >= 11 is 0. The molecule has 2 unspecified atom stereocenters. The molecule has 1 saturated carbocycles. The minimum Gasteiger partial charge on any atom is -0.469 e. The molecular weight excluding hydrogens is 613 g/mol. The second-order valence-corrected chi connectivity index (χ2v) is 19.9. The SMILES string of the molecule is CCCCC(C)(O)C/C=C/[C@H]1[C@H](O[Si](CCc2ccc(CC)cc2)(c2ccccc2)C(C)(C)C)CC(=O)[C@@H]1CCCCCCC(=O)OC. The molecule has 3 rings (SSSR count). The molecular formula is C42H64O5Si.